The third-order valence-corrected chi connectivity index (χ3v) is 3.10. The van der Waals surface area contributed by atoms with Gasteiger partial charge >= 0.3 is 5.97 Å². The Kier molecular flexibility index (Phi) is 6.56. The molecule has 0 saturated heterocycles. The summed E-state index contributed by atoms with van der Waals surface area (Å²) >= 11 is 0. The van der Waals surface area contributed by atoms with Gasteiger partial charge in [-0.2, -0.15) is 0 Å². The molecule has 0 aromatic rings. The van der Waals surface area contributed by atoms with Gasteiger partial charge in [0.2, 0.25) is 0 Å². The van der Waals surface area contributed by atoms with Crippen LogP contribution < -0.4 is 0 Å². The number of aliphatic hydroxyl groups is 1. The van der Waals surface area contributed by atoms with Gasteiger partial charge in [0.15, 0.2) is 13.6 Å². The highest BCUT2D eigenvalue weighted by Gasteiger charge is 2.39. The first-order valence-electron chi connectivity index (χ1n) is 6.92. The lowest BCUT2D eigenvalue weighted by atomic mass is 9.90. The van der Waals surface area contributed by atoms with Crippen LogP contribution in [-0.2, 0) is 9.53 Å². The van der Waals surface area contributed by atoms with E-state index in [0.29, 0.717) is 6.42 Å². The Morgan fingerprint density at radius 3 is 2.11 bits per heavy atom. The number of hydrogen-bond acceptors (Lipinski definition) is 4. The molecule has 0 aromatic heterocycles. The van der Waals surface area contributed by atoms with Crippen LogP contribution in [0.5, 0.6) is 0 Å². The van der Waals surface area contributed by atoms with E-state index in [1.165, 1.54) is 0 Å². The van der Waals surface area contributed by atoms with Crippen LogP contribution in [0.2, 0.25) is 0 Å². The van der Waals surface area contributed by atoms with E-state index in [-0.39, 0.29) is 18.5 Å². The maximum atomic E-state index is 12.1. The summed E-state index contributed by atoms with van der Waals surface area (Å²) in [5.41, 5.74) is -2.09. The molecule has 2 unspecified atom stereocenters. The third-order valence-electron chi connectivity index (χ3n) is 3.10. The van der Waals surface area contributed by atoms with Gasteiger partial charge in [-0.3, -0.25) is 0 Å². The molecule has 19 heavy (non-hydrogen) atoms. The van der Waals surface area contributed by atoms with Gasteiger partial charge < -0.3 is 14.7 Å². The van der Waals surface area contributed by atoms with Gasteiger partial charge in [0.1, 0.15) is 5.60 Å². The summed E-state index contributed by atoms with van der Waals surface area (Å²) in [6, 6.07) is 0.0345. The lowest BCUT2D eigenvalue weighted by Gasteiger charge is -2.36. The molecule has 2 radical (unpaired) electrons. The van der Waals surface area contributed by atoms with Gasteiger partial charge in [-0.1, -0.05) is 27.7 Å². The molecule has 4 nitrogen and oxygen atoms in total. The maximum Gasteiger partial charge on any atom is 0.338 e. The summed E-state index contributed by atoms with van der Waals surface area (Å²) in [4.78, 5) is 13.8. The summed E-state index contributed by atoms with van der Waals surface area (Å²) in [7, 11) is 5.92. The Labute approximate surface area is 118 Å². The van der Waals surface area contributed by atoms with Crippen molar-refractivity contribution in [2.75, 3.05) is 0 Å². The number of nitrogens with zero attached hydrogens (tertiary/aromatic N) is 1. The highest BCUT2D eigenvalue weighted by molar-refractivity contribution is 6.04. The van der Waals surface area contributed by atoms with Crippen molar-refractivity contribution in [1.29, 1.82) is 0 Å². The zero-order valence-electron chi connectivity index (χ0n) is 13.4. The molecule has 5 heteroatoms. The lowest BCUT2D eigenvalue weighted by Crippen LogP contribution is -2.49. The molecule has 0 amide bonds. The van der Waals surface area contributed by atoms with Gasteiger partial charge in [-0.25, -0.2) is 4.79 Å². The highest BCUT2D eigenvalue weighted by Crippen LogP contribution is 2.24. The molecule has 1 N–H and O–H groups in total. The molecule has 0 aliphatic carbocycles. The first kappa shape index (κ1) is 18.5. The number of carbonyl (C=O) groups is 1. The van der Waals surface area contributed by atoms with Gasteiger partial charge in [0, 0.05) is 6.42 Å². The largest absolute Gasteiger partial charge is 0.458 e. The molecule has 110 valence electrons. The summed E-state index contributed by atoms with van der Waals surface area (Å²) in [5, 5.41) is 10.5. The second-order valence-electron chi connectivity index (χ2n) is 6.48. The molecular weight excluding hydrogens is 241 g/mol. The Bertz CT molecular complexity index is 302. The first-order chi connectivity index (χ1) is 8.43. The van der Waals surface area contributed by atoms with Gasteiger partial charge in [0.25, 0.3) is 0 Å². The quantitative estimate of drug-likeness (QED) is 0.592. The number of esters is 1. The third kappa shape index (κ3) is 5.96. The van der Waals surface area contributed by atoms with Crippen LogP contribution >= 0.6 is 0 Å². The van der Waals surface area contributed by atoms with E-state index in [4.69, 9.17) is 12.7 Å². The van der Waals surface area contributed by atoms with Crippen molar-refractivity contribution in [3.8, 4) is 0 Å². The number of ether oxygens (including phenoxy) is 1. The average molecular weight is 269 g/mol. The minimum Gasteiger partial charge on any atom is -0.458 e. The highest BCUT2D eigenvalue weighted by atomic mass is 16.6. The van der Waals surface area contributed by atoms with E-state index >= 15 is 0 Å². The smallest absolute Gasteiger partial charge is 0.338 e. The van der Waals surface area contributed by atoms with Gasteiger partial charge in [0.05, 0.1) is 0 Å². The van der Waals surface area contributed by atoms with Crippen LogP contribution in [0.4, 0.5) is 0 Å². The van der Waals surface area contributed by atoms with Crippen molar-refractivity contribution in [2.45, 2.75) is 84.6 Å². The second-order valence-corrected chi connectivity index (χ2v) is 6.48. The van der Waals surface area contributed by atoms with Gasteiger partial charge in [-0.05, 0) is 39.3 Å². The number of rotatable bonds is 6. The molecule has 0 saturated carbocycles. The minimum absolute atomic E-state index is 0.113. The fraction of sp³-hybridized carbons (Fsp3) is 0.929. The SMILES string of the molecule is [B]N(C(C)C)C(C)CC(O)(CC)C(=O)OC(C)(C)C. The Balaban J connectivity index is 4.83. The molecule has 0 aliphatic rings. The molecule has 0 aromatic carbocycles. The molecule has 0 fully saturated rings. The fourth-order valence-electron chi connectivity index (χ4n) is 1.85. The van der Waals surface area contributed by atoms with Crippen molar-refractivity contribution in [3.05, 3.63) is 0 Å². The van der Waals surface area contributed by atoms with E-state index in [1.807, 2.05) is 20.8 Å². The van der Waals surface area contributed by atoms with Crippen LogP contribution in [-0.4, -0.2) is 47.2 Å². The van der Waals surface area contributed by atoms with Crippen molar-refractivity contribution < 1.29 is 14.6 Å². The molecule has 0 aliphatic heterocycles. The van der Waals surface area contributed by atoms with E-state index in [9.17, 15) is 9.90 Å². The minimum atomic E-state index is -1.49. The van der Waals surface area contributed by atoms with E-state index < -0.39 is 17.2 Å². The van der Waals surface area contributed by atoms with Crippen LogP contribution in [0.1, 0.15) is 61.3 Å². The zero-order chi connectivity index (χ0) is 15.4. The average Bonchev–Trinajstić information content (AvgIpc) is 2.25. The zero-order valence-corrected chi connectivity index (χ0v) is 13.4. The van der Waals surface area contributed by atoms with E-state index in [0.717, 1.165) is 0 Å². The standard InChI is InChI=1S/C14H28BNO3/c1-8-14(18,12(17)19-13(5,6)7)9-11(4)16(15)10(2)3/h10-11,18H,8-9H2,1-7H3. The number of carbonyl (C=O) groups excluding carboxylic acids is 1. The normalized spacial score (nSPS) is 17.4. The van der Waals surface area contributed by atoms with Crippen molar-refractivity contribution in [1.82, 2.24) is 4.81 Å². The number of hydrogen-bond donors (Lipinski definition) is 1. The fourth-order valence-corrected chi connectivity index (χ4v) is 1.85. The molecule has 0 spiro atoms. The Morgan fingerprint density at radius 2 is 1.79 bits per heavy atom. The second kappa shape index (κ2) is 6.75. The lowest BCUT2D eigenvalue weighted by molar-refractivity contribution is -0.179. The summed E-state index contributed by atoms with van der Waals surface area (Å²) in [6.07, 6.45) is 0.561. The molecule has 0 heterocycles. The van der Waals surface area contributed by atoms with Crippen LogP contribution in [0.25, 0.3) is 0 Å². The first-order valence-corrected chi connectivity index (χ1v) is 6.92. The van der Waals surface area contributed by atoms with Crippen molar-refractivity contribution in [2.24, 2.45) is 0 Å². The molecule has 0 rings (SSSR count). The summed E-state index contributed by atoms with van der Waals surface area (Å²) in [5.74, 6) is -0.577. The van der Waals surface area contributed by atoms with Crippen LogP contribution in [0.3, 0.4) is 0 Å². The maximum absolute atomic E-state index is 12.1. The summed E-state index contributed by atoms with van der Waals surface area (Å²) in [6.45, 7) is 13.0. The van der Waals surface area contributed by atoms with E-state index in [1.54, 1.807) is 32.5 Å². The molecule has 2 atom stereocenters. The Morgan fingerprint density at radius 1 is 1.32 bits per heavy atom. The van der Waals surface area contributed by atoms with Crippen molar-refractivity contribution >= 4 is 14.0 Å². The predicted octanol–water partition coefficient (Wildman–Crippen LogP) is 2.04. The van der Waals surface area contributed by atoms with Gasteiger partial charge in [-0.15, -0.1) is 0 Å². The topological polar surface area (TPSA) is 49.8 Å². The summed E-state index contributed by atoms with van der Waals surface area (Å²) < 4.78 is 5.29. The predicted molar refractivity (Wildman–Crippen MR) is 77.9 cm³/mol. The monoisotopic (exact) mass is 269 g/mol. The van der Waals surface area contributed by atoms with E-state index in [2.05, 4.69) is 0 Å². The van der Waals surface area contributed by atoms with Crippen molar-refractivity contribution in [3.63, 3.8) is 0 Å². The molecule has 0 bridgehead atoms. The van der Waals surface area contributed by atoms with Crippen LogP contribution in [0, 0.1) is 0 Å². The molecular formula is C14H28BNO3. The van der Waals surface area contributed by atoms with Crippen LogP contribution in [0.15, 0.2) is 0 Å². The Hall–Kier alpha value is -0.545.